The number of hydrogen-bond donors (Lipinski definition) is 1. The van der Waals surface area contributed by atoms with Crippen molar-refractivity contribution in [1.29, 1.82) is 0 Å². The van der Waals surface area contributed by atoms with Crippen LogP contribution in [0, 0.1) is 5.92 Å². The zero-order valence-electron chi connectivity index (χ0n) is 16.0. The lowest BCUT2D eigenvalue weighted by molar-refractivity contribution is 0.102. The van der Waals surface area contributed by atoms with Crippen molar-refractivity contribution < 1.29 is 4.74 Å². The van der Waals surface area contributed by atoms with Gasteiger partial charge in [-0.3, -0.25) is 9.89 Å². The fraction of sp³-hybridized carbons (Fsp3) is 0.944. The smallest absolute Gasteiger partial charge is 0.193 e. The molecule has 0 aromatic rings. The van der Waals surface area contributed by atoms with Gasteiger partial charge in [-0.05, 0) is 53.1 Å². The molecule has 24 heavy (non-hydrogen) atoms. The van der Waals surface area contributed by atoms with Gasteiger partial charge in [-0.2, -0.15) is 0 Å². The van der Waals surface area contributed by atoms with Crippen LogP contribution in [0.4, 0.5) is 0 Å². The lowest BCUT2D eigenvalue weighted by atomic mass is 9.99. The predicted molar refractivity (Wildman–Crippen MR) is 112 cm³/mol. The minimum Gasteiger partial charge on any atom is -0.384 e. The van der Waals surface area contributed by atoms with Crippen LogP contribution < -0.4 is 5.32 Å². The van der Waals surface area contributed by atoms with Gasteiger partial charge in [0.1, 0.15) is 0 Å². The summed E-state index contributed by atoms with van der Waals surface area (Å²) in [6, 6.07) is 0. The van der Waals surface area contributed by atoms with Gasteiger partial charge in [-0.25, -0.2) is 0 Å². The van der Waals surface area contributed by atoms with Crippen LogP contribution in [-0.2, 0) is 4.74 Å². The summed E-state index contributed by atoms with van der Waals surface area (Å²) in [5, 5.41) is 3.48. The van der Waals surface area contributed by atoms with Crippen molar-refractivity contribution in [1.82, 2.24) is 15.1 Å². The fourth-order valence-electron chi connectivity index (χ4n) is 3.69. The summed E-state index contributed by atoms with van der Waals surface area (Å²) >= 11 is 0. The van der Waals surface area contributed by atoms with Crippen LogP contribution in [0.2, 0.25) is 0 Å². The van der Waals surface area contributed by atoms with Gasteiger partial charge < -0.3 is 15.0 Å². The van der Waals surface area contributed by atoms with Gasteiger partial charge >= 0.3 is 0 Å². The summed E-state index contributed by atoms with van der Waals surface area (Å²) in [4.78, 5) is 10.0. The molecule has 0 aromatic carbocycles. The topological polar surface area (TPSA) is 40.1 Å². The maximum absolute atomic E-state index is 5.31. The molecule has 0 bridgehead atoms. The van der Waals surface area contributed by atoms with Crippen molar-refractivity contribution in [3.63, 3.8) is 0 Å². The SMILES string of the molecule is CCNC(=NCC(C)(C)N1CCCCC1)N1CCC(COC)C1.I. The number of nitrogens with zero attached hydrogens (tertiary/aromatic N) is 3. The Kier molecular flexibility index (Phi) is 9.89. The van der Waals surface area contributed by atoms with Crippen LogP contribution >= 0.6 is 24.0 Å². The fourth-order valence-corrected chi connectivity index (χ4v) is 3.69. The van der Waals surface area contributed by atoms with E-state index in [2.05, 4.69) is 35.9 Å². The third-order valence-electron chi connectivity index (χ3n) is 5.15. The first kappa shape index (κ1) is 22.0. The maximum Gasteiger partial charge on any atom is 0.193 e. The predicted octanol–water partition coefficient (Wildman–Crippen LogP) is 2.80. The molecule has 0 saturated carbocycles. The Morgan fingerprint density at radius 1 is 1.21 bits per heavy atom. The summed E-state index contributed by atoms with van der Waals surface area (Å²) in [5.41, 5.74) is 0.146. The Bertz CT molecular complexity index is 383. The van der Waals surface area contributed by atoms with Gasteiger partial charge in [0.05, 0.1) is 13.2 Å². The van der Waals surface area contributed by atoms with Gasteiger partial charge in [-0.1, -0.05) is 6.42 Å². The number of aliphatic imine (C=N–C) groups is 1. The number of rotatable bonds is 6. The van der Waals surface area contributed by atoms with Crippen LogP contribution in [0.1, 0.15) is 46.5 Å². The Morgan fingerprint density at radius 3 is 2.54 bits per heavy atom. The number of nitrogens with one attached hydrogen (secondary N) is 1. The van der Waals surface area contributed by atoms with E-state index in [-0.39, 0.29) is 29.5 Å². The van der Waals surface area contributed by atoms with E-state index in [0.29, 0.717) is 5.92 Å². The highest BCUT2D eigenvalue weighted by molar-refractivity contribution is 14.0. The van der Waals surface area contributed by atoms with Crippen LogP contribution in [0.25, 0.3) is 0 Å². The number of methoxy groups -OCH3 is 1. The first-order valence-electron chi connectivity index (χ1n) is 9.34. The second kappa shape index (κ2) is 10.8. The first-order valence-corrected chi connectivity index (χ1v) is 9.34. The van der Waals surface area contributed by atoms with Crippen LogP contribution in [0.5, 0.6) is 0 Å². The highest BCUT2D eigenvalue weighted by atomic mass is 127. The van der Waals surface area contributed by atoms with E-state index in [1.54, 1.807) is 7.11 Å². The van der Waals surface area contributed by atoms with Crippen LogP contribution in [0.15, 0.2) is 4.99 Å². The molecule has 1 N–H and O–H groups in total. The van der Waals surface area contributed by atoms with Crippen molar-refractivity contribution in [2.45, 2.75) is 52.0 Å². The molecular formula is C18H37IN4O. The van der Waals surface area contributed by atoms with E-state index in [9.17, 15) is 0 Å². The molecule has 1 unspecified atom stereocenters. The molecule has 2 heterocycles. The number of piperidine rings is 1. The minimum absolute atomic E-state index is 0. The lowest BCUT2D eigenvalue weighted by Crippen LogP contribution is -2.50. The Hall–Kier alpha value is -0.0800. The molecular weight excluding hydrogens is 415 g/mol. The number of hydrogen-bond acceptors (Lipinski definition) is 3. The van der Waals surface area contributed by atoms with E-state index in [0.717, 1.165) is 38.7 Å². The molecule has 2 aliphatic heterocycles. The first-order chi connectivity index (χ1) is 11.1. The number of halogens is 1. The second-order valence-electron chi connectivity index (χ2n) is 7.59. The average Bonchev–Trinajstić information content (AvgIpc) is 3.01. The molecule has 2 aliphatic rings. The van der Waals surface area contributed by atoms with Gasteiger partial charge in [0.15, 0.2) is 5.96 Å². The largest absolute Gasteiger partial charge is 0.384 e. The van der Waals surface area contributed by atoms with E-state index in [1.807, 2.05) is 0 Å². The number of likely N-dealkylation sites (tertiary alicyclic amines) is 2. The molecule has 0 amide bonds. The molecule has 1 atom stereocenters. The summed E-state index contributed by atoms with van der Waals surface area (Å²) < 4.78 is 5.31. The molecule has 0 radical (unpaired) electrons. The van der Waals surface area contributed by atoms with Gasteiger partial charge in [0.25, 0.3) is 0 Å². The number of ether oxygens (including phenoxy) is 1. The Labute approximate surface area is 165 Å². The third kappa shape index (κ3) is 6.33. The van der Waals surface area contributed by atoms with Crippen molar-refractivity contribution in [2.24, 2.45) is 10.9 Å². The Morgan fingerprint density at radius 2 is 1.92 bits per heavy atom. The quantitative estimate of drug-likeness (QED) is 0.382. The van der Waals surface area contributed by atoms with Gasteiger partial charge in [0, 0.05) is 38.2 Å². The molecule has 5 nitrogen and oxygen atoms in total. The summed E-state index contributed by atoms with van der Waals surface area (Å²) in [6.07, 6.45) is 5.25. The second-order valence-corrected chi connectivity index (χ2v) is 7.59. The summed E-state index contributed by atoms with van der Waals surface area (Å²) in [7, 11) is 1.79. The highest BCUT2D eigenvalue weighted by Crippen LogP contribution is 2.21. The van der Waals surface area contributed by atoms with Crippen molar-refractivity contribution in [3.05, 3.63) is 0 Å². The summed E-state index contributed by atoms with van der Waals surface area (Å²) in [5.74, 6) is 1.72. The van der Waals surface area contributed by atoms with E-state index in [4.69, 9.17) is 9.73 Å². The van der Waals surface area contributed by atoms with Gasteiger partial charge in [-0.15, -0.1) is 24.0 Å². The van der Waals surface area contributed by atoms with Crippen molar-refractivity contribution >= 4 is 29.9 Å². The molecule has 0 aromatic heterocycles. The van der Waals surface area contributed by atoms with Crippen LogP contribution in [-0.4, -0.2) is 74.3 Å². The highest BCUT2D eigenvalue weighted by Gasteiger charge is 2.29. The monoisotopic (exact) mass is 452 g/mol. The van der Waals surface area contributed by atoms with Crippen molar-refractivity contribution in [3.8, 4) is 0 Å². The van der Waals surface area contributed by atoms with E-state index < -0.39 is 0 Å². The minimum atomic E-state index is 0. The molecule has 2 saturated heterocycles. The number of guanidine groups is 1. The zero-order chi connectivity index (χ0) is 16.7. The molecule has 6 heteroatoms. The molecule has 2 rings (SSSR count). The van der Waals surface area contributed by atoms with E-state index >= 15 is 0 Å². The maximum atomic E-state index is 5.31. The Balaban J connectivity index is 0.00000288. The molecule has 0 aliphatic carbocycles. The summed E-state index contributed by atoms with van der Waals surface area (Å²) in [6.45, 7) is 14.1. The lowest BCUT2D eigenvalue weighted by Gasteiger charge is -2.40. The zero-order valence-corrected chi connectivity index (χ0v) is 18.3. The average molecular weight is 452 g/mol. The standard InChI is InChI=1S/C18H36N4O.HI/c1-5-19-17(21-12-9-16(13-21)14-23-4)20-15-18(2,3)22-10-7-6-8-11-22;/h16H,5-15H2,1-4H3,(H,19,20);1H. The third-order valence-corrected chi connectivity index (χ3v) is 5.15. The molecule has 142 valence electrons. The normalized spacial score (nSPS) is 23.2. The van der Waals surface area contributed by atoms with E-state index in [1.165, 1.54) is 38.8 Å². The van der Waals surface area contributed by atoms with Crippen LogP contribution in [0.3, 0.4) is 0 Å². The molecule has 0 spiro atoms. The van der Waals surface area contributed by atoms with Gasteiger partial charge in [0.2, 0.25) is 0 Å². The van der Waals surface area contributed by atoms with Crippen molar-refractivity contribution in [2.75, 3.05) is 53.0 Å². The molecule has 2 fully saturated rings.